The number of rotatable bonds is 4. The first-order valence-electron chi connectivity index (χ1n) is 11.3. The van der Waals surface area contributed by atoms with Crippen LogP contribution in [0.15, 0.2) is 72.8 Å². The van der Waals surface area contributed by atoms with E-state index < -0.39 is 5.41 Å². The fourth-order valence-electron chi connectivity index (χ4n) is 4.85. The van der Waals surface area contributed by atoms with Crippen LogP contribution in [0.1, 0.15) is 28.4 Å². The molecule has 1 N–H and O–H groups in total. The Labute approximate surface area is 199 Å². The Morgan fingerprint density at radius 1 is 0.909 bits per heavy atom. The lowest BCUT2D eigenvalue weighted by Gasteiger charge is -2.42. The van der Waals surface area contributed by atoms with Gasteiger partial charge in [0.15, 0.2) is 5.78 Å². The fraction of sp³-hybridized carbons (Fsp3) is 0.259. The standard InChI is InChI=1S/C27H26ClN3O2/c1-27(20-10-6-3-7-11-20)25(32)24-22(30-14-12-29-13-15-30)16-21(28)17-23(24)31(26(27)33)18-19-8-4-2-5-9-19/h2-11,16-17,29H,12-15,18H2,1H3. The molecule has 3 aromatic carbocycles. The topological polar surface area (TPSA) is 52.7 Å². The third-order valence-corrected chi connectivity index (χ3v) is 6.92. The maximum Gasteiger partial charge on any atom is 0.245 e. The van der Waals surface area contributed by atoms with Crippen LogP contribution in [0.3, 0.4) is 0 Å². The van der Waals surface area contributed by atoms with Gasteiger partial charge < -0.3 is 15.1 Å². The van der Waals surface area contributed by atoms with Crippen LogP contribution in [0.2, 0.25) is 5.02 Å². The highest BCUT2D eigenvalue weighted by Crippen LogP contribution is 2.45. The average molecular weight is 460 g/mol. The molecule has 0 spiro atoms. The van der Waals surface area contributed by atoms with Crippen LogP contribution in [0.25, 0.3) is 0 Å². The number of Topliss-reactive ketones (excluding diaryl/α,β-unsaturated/α-hetero) is 1. The number of nitrogens with zero attached hydrogens (tertiary/aromatic N) is 2. The zero-order valence-corrected chi connectivity index (χ0v) is 19.3. The second-order valence-corrected chi connectivity index (χ2v) is 9.19. The maximum absolute atomic E-state index is 14.2. The Bertz CT molecular complexity index is 1190. The van der Waals surface area contributed by atoms with Gasteiger partial charge in [0.2, 0.25) is 5.91 Å². The molecule has 33 heavy (non-hydrogen) atoms. The Morgan fingerprint density at radius 3 is 2.18 bits per heavy atom. The predicted molar refractivity (Wildman–Crippen MR) is 132 cm³/mol. The molecule has 2 aliphatic heterocycles. The maximum atomic E-state index is 14.2. The molecule has 3 aromatic rings. The summed E-state index contributed by atoms with van der Waals surface area (Å²) in [7, 11) is 0. The van der Waals surface area contributed by atoms with E-state index in [2.05, 4.69) is 10.2 Å². The Kier molecular flexibility index (Phi) is 5.69. The van der Waals surface area contributed by atoms with Gasteiger partial charge in [0.1, 0.15) is 5.41 Å². The van der Waals surface area contributed by atoms with Gasteiger partial charge in [-0.05, 0) is 30.2 Å². The van der Waals surface area contributed by atoms with E-state index in [1.165, 1.54) is 0 Å². The van der Waals surface area contributed by atoms with Crippen molar-refractivity contribution < 1.29 is 9.59 Å². The van der Waals surface area contributed by atoms with Crippen LogP contribution < -0.4 is 15.1 Å². The van der Waals surface area contributed by atoms with Crippen LogP contribution in [0.5, 0.6) is 0 Å². The second kappa shape index (κ2) is 8.65. The largest absolute Gasteiger partial charge is 0.368 e. The van der Waals surface area contributed by atoms with Crippen molar-refractivity contribution in [3.63, 3.8) is 0 Å². The quantitative estimate of drug-likeness (QED) is 0.586. The Balaban J connectivity index is 1.73. The third kappa shape index (κ3) is 3.71. The molecule has 0 aromatic heterocycles. The van der Waals surface area contributed by atoms with Crippen molar-refractivity contribution in [3.05, 3.63) is 94.5 Å². The zero-order chi connectivity index (χ0) is 23.0. The summed E-state index contributed by atoms with van der Waals surface area (Å²) in [4.78, 5) is 32.2. The van der Waals surface area contributed by atoms with Crippen LogP contribution in [0, 0.1) is 0 Å². The predicted octanol–water partition coefficient (Wildman–Crippen LogP) is 4.44. The Morgan fingerprint density at radius 2 is 1.52 bits per heavy atom. The summed E-state index contributed by atoms with van der Waals surface area (Å²) in [6.45, 7) is 5.33. The average Bonchev–Trinajstić information content (AvgIpc) is 2.86. The van der Waals surface area contributed by atoms with Crippen LogP contribution in [-0.2, 0) is 16.8 Å². The van der Waals surface area contributed by atoms with Crippen LogP contribution >= 0.6 is 11.6 Å². The molecule has 2 aliphatic rings. The Hall–Kier alpha value is -3.15. The van der Waals surface area contributed by atoms with Crippen molar-refractivity contribution in [2.75, 3.05) is 36.0 Å². The lowest BCUT2D eigenvalue weighted by molar-refractivity contribution is -0.122. The first kappa shape index (κ1) is 21.7. The molecular weight excluding hydrogens is 434 g/mol. The molecule has 0 aliphatic carbocycles. The van der Waals surface area contributed by atoms with Crippen molar-refractivity contribution in [2.24, 2.45) is 0 Å². The van der Waals surface area contributed by atoms with Gasteiger partial charge in [0, 0.05) is 31.2 Å². The summed E-state index contributed by atoms with van der Waals surface area (Å²) in [6.07, 6.45) is 0. The highest BCUT2D eigenvalue weighted by atomic mass is 35.5. The first-order chi connectivity index (χ1) is 16.0. The monoisotopic (exact) mass is 459 g/mol. The summed E-state index contributed by atoms with van der Waals surface area (Å²) >= 11 is 6.56. The lowest BCUT2D eigenvalue weighted by atomic mass is 9.71. The molecule has 0 radical (unpaired) electrons. The number of ketones is 1. The van der Waals surface area contributed by atoms with E-state index in [1.54, 1.807) is 17.9 Å². The number of hydrogen-bond acceptors (Lipinski definition) is 4. The van der Waals surface area contributed by atoms with Gasteiger partial charge >= 0.3 is 0 Å². The number of nitrogens with one attached hydrogen (secondary N) is 1. The van der Waals surface area contributed by atoms with Gasteiger partial charge in [-0.1, -0.05) is 72.3 Å². The highest BCUT2D eigenvalue weighted by molar-refractivity contribution is 6.34. The van der Waals surface area contributed by atoms with Crippen molar-refractivity contribution in [1.82, 2.24) is 5.32 Å². The SMILES string of the molecule is CC1(c2ccccc2)C(=O)c2c(N3CCNCC3)cc(Cl)cc2N(Cc2ccccc2)C1=O. The van der Waals surface area contributed by atoms with Crippen molar-refractivity contribution >= 4 is 34.7 Å². The minimum absolute atomic E-state index is 0.178. The normalized spacial score (nSPS) is 20.7. The molecule has 0 saturated carbocycles. The molecule has 1 atom stereocenters. The molecule has 6 heteroatoms. The molecule has 5 nitrogen and oxygen atoms in total. The van der Waals surface area contributed by atoms with Gasteiger partial charge in [-0.2, -0.15) is 0 Å². The minimum atomic E-state index is -1.32. The molecule has 168 valence electrons. The van der Waals surface area contributed by atoms with E-state index in [9.17, 15) is 9.59 Å². The highest BCUT2D eigenvalue weighted by Gasteiger charge is 2.52. The van der Waals surface area contributed by atoms with E-state index in [-0.39, 0.29) is 11.7 Å². The number of hydrogen-bond donors (Lipinski definition) is 1. The number of piperazine rings is 1. The summed E-state index contributed by atoms with van der Waals surface area (Å²) < 4.78 is 0. The molecule has 1 unspecified atom stereocenters. The third-order valence-electron chi connectivity index (χ3n) is 6.70. The summed E-state index contributed by atoms with van der Waals surface area (Å²) in [5, 5.41) is 3.87. The van der Waals surface area contributed by atoms with Crippen LogP contribution in [0.4, 0.5) is 11.4 Å². The van der Waals surface area contributed by atoms with E-state index in [4.69, 9.17) is 11.6 Å². The van der Waals surface area contributed by atoms with Crippen molar-refractivity contribution in [1.29, 1.82) is 0 Å². The van der Waals surface area contributed by atoms with Gasteiger partial charge in [-0.15, -0.1) is 0 Å². The number of anilines is 2. The van der Waals surface area contributed by atoms with Crippen LogP contribution in [-0.4, -0.2) is 37.9 Å². The van der Waals surface area contributed by atoms with E-state index in [0.717, 1.165) is 37.4 Å². The lowest BCUT2D eigenvalue weighted by Crippen LogP contribution is -2.55. The number of benzene rings is 3. The number of halogens is 1. The zero-order valence-electron chi connectivity index (χ0n) is 18.6. The van der Waals surface area contributed by atoms with Crippen molar-refractivity contribution in [2.45, 2.75) is 18.9 Å². The van der Waals surface area contributed by atoms with Gasteiger partial charge in [0.05, 0.1) is 23.5 Å². The first-order valence-corrected chi connectivity index (χ1v) is 11.6. The molecule has 1 saturated heterocycles. The molecule has 0 bridgehead atoms. The molecule has 2 heterocycles. The minimum Gasteiger partial charge on any atom is -0.368 e. The number of fused-ring (bicyclic) bond motifs is 1. The molecule has 1 amide bonds. The number of amides is 1. The van der Waals surface area contributed by atoms with E-state index >= 15 is 0 Å². The number of carbonyl (C=O) groups is 2. The number of carbonyl (C=O) groups excluding carboxylic acids is 2. The van der Waals surface area contributed by atoms with Gasteiger partial charge in [-0.25, -0.2) is 0 Å². The fourth-order valence-corrected chi connectivity index (χ4v) is 5.06. The molecule has 1 fully saturated rings. The molecular formula is C27H26ClN3O2. The van der Waals surface area contributed by atoms with E-state index in [0.29, 0.717) is 28.4 Å². The summed E-state index contributed by atoms with van der Waals surface area (Å²) in [6, 6.07) is 22.8. The smallest absolute Gasteiger partial charge is 0.245 e. The van der Waals surface area contributed by atoms with Gasteiger partial charge in [-0.3, -0.25) is 9.59 Å². The van der Waals surface area contributed by atoms with Crippen molar-refractivity contribution in [3.8, 4) is 0 Å². The van der Waals surface area contributed by atoms with Gasteiger partial charge in [0.25, 0.3) is 0 Å². The summed E-state index contributed by atoms with van der Waals surface area (Å²) in [5.74, 6) is -0.410. The second-order valence-electron chi connectivity index (χ2n) is 8.75. The molecule has 5 rings (SSSR count). The summed E-state index contributed by atoms with van der Waals surface area (Å²) in [5.41, 5.74) is 2.33. The van der Waals surface area contributed by atoms with E-state index in [1.807, 2.05) is 66.7 Å².